The third kappa shape index (κ3) is 5.09. The van der Waals surface area contributed by atoms with Crippen LogP contribution < -0.4 is 5.73 Å². The zero-order valence-corrected chi connectivity index (χ0v) is 14.8. The smallest absolute Gasteiger partial charge is 0.191 e. The molecule has 0 bridgehead atoms. The molecule has 1 aromatic carbocycles. The third-order valence-corrected chi connectivity index (χ3v) is 4.47. The van der Waals surface area contributed by atoms with Gasteiger partial charge in [-0.1, -0.05) is 23.7 Å². The Morgan fingerprint density at radius 3 is 2.65 bits per heavy atom. The van der Waals surface area contributed by atoms with Crippen molar-refractivity contribution in [2.24, 2.45) is 10.7 Å². The van der Waals surface area contributed by atoms with Crippen LogP contribution in [0, 0.1) is 0 Å². The van der Waals surface area contributed by atoms with Gasteiger partial charge >= 0.3 is 0 Å². The zero-order valence-electron chi connectivity index (χ0n) is 14.0. The number of guanidine groups is 1. The van der Waals surface area contributed by atoms with E-state index in [4.69, 9.17) is 22.1 Å². The van der Waals surface area contributed by atoms with Crippen LogP contribution >= 0.6 is 11.6 Å². The van der Waals surface area contributed by atoms with Gasteiger partial charge in [0.05, 0.1) is 25.8 Å². The number of benzene rings is 1. The summed E-state index contributed by atoms with van der Waals surface area (Å²) in [4.78, 5) is 9.10. The van der Waals surface area contributed by atoms with Crippen LogP contribution in [0.3, 0.4) is 0 Å². The summed E-state index contributed by atoms with van der Waals surface area (Å²) in [6.45, 7) is 9.85. The molecule has 2 N–H and O–H groups in total. The van der Waals surface area contributed by atoms with Crippen molar-refractivity contribution >= 4 is 17.6 Å². The molecule has 6 heteroatoms. The summed E-state index contributed by atoms with van der Waals surface area (Å²) in [7, 11) is 0. The zero-order chi connectivity index (χ0) is 16.7. The lowest BCUT2D eigenvalue weighted by atomic mass is 10.0. The Hall–Kier alpha value is -1.30. The van der Waals surface area contributed by atoms with Gasteiger partial charge in [-0.25, -0.2) is 0 Å². The highest BCUT2D eigenvalue weighted by atomic mass is 35.5. The molecule has 0 radical (unpaired) electrons. The monoisotopic (exact) mass is 338 g/mol. The van der Waals surface area contributed by atoms with Gasteiger partial charge in [-0.2, -0.15) is 0 Å². The van der Waals surface area contributed by atoms with Crippen molar-refractivity contribution < 1.29 is 4.74 Å². The molecule has 1 heterocycles. The number of aliphatic imine (C=N–C) groups is 1. The van der Waals surface area contributed by atoms with Crippen LogP contribution in [-0.4, -0.2) is 61.7 Å². The maximum absolute atomic E-state index is 6.17. The van der Waals surface area contributed by atoms with Crippen LogP contribution in [0.15, 0.2) is 29.3 Å². The molecule has 1 unspecified atom stereocenters. The van der Waals surface area contributed by atoms with Gasteiger partial charge in [0.2, 0.25) is 0 Å². The quantitative estimate of drug-likeness (QED) is 0.639. The molecule has 1 aromatic rings. The highest BCUT2D eigenvalue weighted by Crippen LogP contribution is 2.24. The Bertz CT molecular complexity index is 513. The van der Waals surface area contributed by atoms with Gasteiger partial charge in [-0.05, 0) is 31.5 Å². The molecule has 1 atom stereocenters. The molecule has 5 nitrogen and oxygen atoms in total. The van der Waals surface area contributed by atoms with Crippen molar-refractivity contribution in [3.63, 3.8) is 0 Å². The number of morpholine rings is 1. The Morgan fingerprint density at radius 2 is 2.04 bits per heavy atom. The van der Waals surface area contributed by atoms with Gasteiger partial charge in [0.25, 0.3) is 0 Å². The van der Waals surface area contributed by atoms with Crippen molar-refractivity contribution in [2.75, 3.05) is 45.9 Å². The summed E-state index contributed by atoms with van der Waals surface area (Å²) in [6.07, 6.45) is 0. The van der Waals surface area contributed by atoms with Crippen molar-refractivity contribution in [2.45, 2.75) is 19.9 Å². The minimum absolute atomic E-state index is 0.173. The van der Waals surface area contributed by atoms with E-state index in [0.717, 1.165) is 44.4 Å². The average molecular weight is 339 g/mol. The summed E-state index contributed by atoms with van der Waals surface area (Å²) < 4.78 is 5.47. The first-order valence-corrected chi connectivity index (χ1v) is 8.65. The summed E-state index contributed by atoms with van der Waals surface area (Å²) in [5.74, 6) is 0.607. The highest BCUT2D eigenvalue weighted by Gasteiger charge is 2.23. The lowest BCUT2D eigenvalue weighted by molar-refractivity contribution is 0.0179. The molecule has 0 spiro atoms. The molecule has 1 aliphatic heterocycles. The second-order valence-electron chi connectivity index (χ2n) is 5.59. The highest BCUT2D eigenvalue weighted by molar-refractivity contribution is 6.30. The lowest BCUT2D eigenvalue weighted by Crippen LogP contribution is -2.41. The maximum atomic E-state index is 6.17. The predicted molar refractivity (Wildman–Crippen MR) is 96.0 cm³/mol. The molecule has 1 saturated heterocycles. The van der Waals surface area contributed by atoms with Crippen LogP contribution in [0.1, 0.15) is 25.5 Å². The van der Waals surface area contributed by atoms with Crippen molar-refractivity contribution in [1.29, 1.82) is 0 Å². The van der Waals surface area contributed by atoms with E-state index >= 15 is 0 Å². The number of halogens is 1. The number of nitrogens with zero attached hydrogens (tertiary/aromatic N) is 3. The van der Waals surface area contributed by atoms with Gasteiger partial charge in [-0.15, -0.1) is 0 Å². The fraction of sp³-hybridized carbons (Fsp3) is 0.588. The summed E-state index contributed by atoms with van der Waals surface area (Å²) >= 11 is 6.17. The van der Waals surface area contributed by atoms with Crippen LogP contribution in [-0.2, 0) is 4.74 Å². The second-order valence-corrected chi connectivity index (χ2v) is 6.03. The lowest BCUT2D eigenvalue weighted by Gasteiger charge is -2.34. The van der Waals surface area contributed by atoms with E-state index in [0.29, 0.717) is 12.5 Å². The van der Waals surface area contributed by atoms with Gasteiger partial charge in [0.1, 0.15) is 0 Å². The Morgan fingerprint density at radius 1 is 1.35 bits per heavy atom. The SMILES string of the molecule is CCN(CC)C(N)=NCC(c1cccc(Cl)c1)N1CCOCC1. The van der Waals surface area contributed by atoms with Crippen molar-refractivity contribution in [3.05, 3.63) is 34.9 Å². The molecule has 2 rings (SSSR count). The Kier molecular flexibility index (Phi) is 7.15. The Balaban J connectivity index is 2.18. The number of hydrogen-bond acceptors (Lipinski definition) is 3. The second kappa shape index (κ2) is 9.11. The Labute approximate surface area is 144 Å². The van der Waals surface area contributed by atoms with Gasteiger partial charge in [0, 0.05) is 31.2 Å². The minimum atomic E-state index is 0.173. The van der Waals surface area contributed by atoms with Gasteiger partial charge in [-0.3, -0.25) is 9.89 Å². The van der Waals surface area contributed by atoms with Crippen LogP contribution in [0.5, 0.6) is 0 Å². The van der Waals surface area contributed by atoms with E-state index in [1.165, 1.54) is 5.56 Å². The van der Waals surface area contributed by atoms with Gasteiger partial charge < -0.3 is 15.4 Å². The topological polar surface area (TPSA) is 54.1 Å². The number of nitrogens with two attached hydrogens (primary N) is 1. The van der Waals surface area contributed by atoms with Crippen molar-refractivity contribution in [3.8, 4) is 0 Å². The largest absolute Gasteiger partial charge is 0.379 e. The third-order valence-electron chi connectivity index (χ3n) is 4.23. The molecule has 1 fully saturated rings. The minimum Gasteiger partial charge on any atom is -0.379 e. The first-order valence-electron chi connectivity index (χ1n) is 8.27. The van der Waals surface area contributed by atoms with Gasteiger partial charge in [0.15, 0.2) is 5.96 Å². The molecule has 0 amide bonds. The number of rotatable bonds is 6. The van der Waals surface area contributed by atoms with Crippen LogP contribution in [0.25, 0.3) is 0 Å². The molecule has 0 saturated carbocycles. The number of hydrogen-bond donors (Lipinski definition) is 1. The molecule has 128 valence electrons. The van der Waals surface area contributed by atoms with E-state index in [1.54, 1.807) is 0 Å². The normalized spacial score (nSPS) is 18.0. The van der Waals surface area contributed by atoms with E-state index < -0.39 is 0 Å². The van der Waals surface area contributed by atoms with Crippen LogP contribution in [0.4, 0.5) is 0 Å². The molecule has 0 aromatic heterocycles. The van der Waals surface area contributed by atoms with E-state index in [-0.39, 0.29) is 6.04 Å². The first-order chi connectivity index (χ1) is 11.2. The van der Waals surface area contributed by atoms with Crippen molar-refractivity contribution in [1.82, 2.24) is 9.80 Å². The standard InChI is InChI=1S/C17H27ClN4O/c1-3-21(4-2)17(19)20-13-16(22-8-10-23-11-9-22)14-6-5-7-15(18)12-14/h5-7,12,16H,3-4,8-11,13H2,1-2H3,(H2,19,20). The van der Waals surface area contributed by atoms with E-state index in [1.807, 2.05) is 18.2 Å². The molecular weight excluding hydrogens is 312 g/mol. The predicted octanol–water partition coefficient (Wildman–Crippen LogP) is 2.37. The van der Waals surface area contributed by atoms with Crippen LogP contribution in [0.2, 0.25) is 5.02 Å². The molecule has 23 heavy (non-hydrogen) atoms. The number of ether oxygens (including phenoxy) is 1. The first kappa shape index (κ1) is 18.0. The molecular formula is C17H27ClN4O. The maximum Gasteiger partial charge on any atom is 0.191 e. The molecule has 1 aliphatic rings. The fourth-order valence-corrected chi connectivity index (χ4v) is 3.06. The summed E-state index contributed by atoms with van der Waals surface area (Å²) in [6, 6.07) is 8.18. The van der Waals surface area contributed by atoms with E-state index in [2.05, 4.69) is 34.7 Å². The fourth-order valence-electron chi connectivity index (χ4n) is 2.86. The summed E-state index contributed by atoms with van der Waals surface area (Å²) in [5.41, 5.74) is 7.31. The van der Waals surface area contributed by atoms with E-state index in [9.17, 15) is 0 Å². The molecule has 0 aliphatic carbocycles. The summed E-state index contributed by atoms with van der Waals surface area (Å²) in [5, 5.41) is 0.751. The average Bonchev–Trinajstić information content (AvgIpc) is 2.57.